The van der Waals surface area contributed by atoms with Crippen LogP contribution in [0.4, 0.5) is 4.39 Å². The van der Waals surface area contributed by atoms with E-state index < -0.39 is 27.6 Å². The van der Waals surface area contributed by atoms with Gasteiger partial charge in [0.1, 0.15) is 16.3 Å². The van der Waals surface area contributed by atoms with Crippen molar-refractivity contribution >= 4 is 10.1 Å². The zero-order valence-corrected chi connectivity index (χ0v) is 7.13. The summed E-state index contributed by atoms with van der Waals surface area (Å²) in [4.78, 5) is 0. The molecule has 0 bridgehead atoms. The normalized spacial score (nSPS) is 38.1. The highest BCUT2D eigenvalue weighted by Gasteiger charge is 2.33. The van der Waals surface area contributed by atoms with Crippen LogP contribution in [0, 0.1) is 0 Å². The first-order valence-electron chi connectivity index (χ1n) is 3.68. The van der Waals surface area contributed by atoms with Crippen molar-refractivity contribution < 1.29 is 22.5 Å². The van der Waals surface area contributed by atoms with Gasteiger partial charge in [-0.3, -0.25) is 0 Å². The molecule has 1 saturated carbocycles. The summed E-state index contributed by atoms with van der Waals surface area (Å²) in [6, 6.07) is 0. The van der Waals surface area contributed by atoms with Crippen LogP contribution < -0.4 is 0 Å². The number of aliphatic hydroxyl groups is 1. The molecule has 0 radical (unpaired) electrons. The maximum absolute atomic E-state index is 12.9. The molecule has 72 valence electrons. The van der Waals surface area contributed by atoms with Crippen LogP contribution in [0.2, 0.25) is 0 Å². The Kier molecular flexibility index (Phi) is 2.70. The zero-order valence-electron chi connectivity index (χ0n) is 6.31. The highest BCUT2D eigenvalue weighted by molar-refractivity contribution is 7.86. The van der Waals surface area contributed by atoms with Gasteiger partial charge in [0, 0.05) is 6.42 Å². The SMILES string of the molecule is O=S(=O)([O-])C1CCC(O)CC1F. The highest BCUT2D eigenvalue weighted by Crippen LogP contribution is 2.26. The molecule has 0 aliphatic heterocycles. The molecule has 0 heterocycles. The topological polar surface area (TPSA) is 77.4 Å². The van der Waals surface area contributed by atoms with Gasteiger partial charge >= 0.3 is 0 Å². The minimum Gasteiger partial charge on any atom is -0.748 e. The summed E-state index contributed by atoms with van der Waals surface area (Å²) in [5.74, 6) is 0. The molecule has 1 aliphatic rings. The number of alkyl halides is 1. The fraction of sp³-hybridized carbons (Fsp3) is 1.00. The minimum absolute atomic E-state index is 0.0752. The summed E-state index contributed by atoms with van der Waals surface area (Å²) in [5, 5.41) is 7.47. The second-order valence-electron chi connectivity index (χ2n) is 3.01. The molecule has 0 aromatic carbocycles. The maximum Gasteiger partial charge on any atom is 0.118 e. The van der Waals surface area contributed by atoms with Gasteiger partial charge in [-0.2, -0.15) is 0 Å². The minimum atomic E-state index is -4.53. The Balaban J connectivity index is 2.69. The molecule has 0 amide bonds. The van der Waals surface area contributed by atoms with Gasteiger partial charge in [-0.1, -0.05) is 0 Å². The Labute approximate surface area is 70.1 Å². The molecular formula is C6H10FO4S-. The van der Waals surface area contributed by atoms with E-state index in [1.165, 1.54) is 0 Å². The van der Waals surface area contributed by atoms with Crippen molar-refractivity contribution in [2.75, 3.05) is 0 Å². The van der Waals surface area contributed by atoms with E-state index in [0.717, 1.165) is 0 Å². The molecule has 4 nitrogen and oxygen atoms in total. The second kappa shape index (κ2) is 3.27. The van der Waals surface area contributed by atoms with Crippen molar-refractivity contribution in [1.29, 1.82) is 0 Å². The Morgan fingerprint density at radius 3 is 2.42 bits per heavy atom. The smallest absolute Gasteiger partial charge is 0.118 e. The summed E-state index contributed by atoms with van der Waals surface area (Å²) >= 11 is 0. The summed E-state index contributed by atoms with van der Waals surface area (Å²) in [6.07, 6.45) is -2.65. The summed E-state index contributed by atoms with van der Waals surface area (Å²) in [5.41, 5.74) is 0. The standard InChI is InChI=1S/C6H11FO4S/c7-5-3-4(8)1-2-6(5)12(9,10)11/h4-6,8H,1-3H2,(H,9,10,11)/p-1. The average molecular weight is 197 g/mol. The third-order valence-electron chi connectivity index (χ3n) is 2.06. The Morgan fingerprint density at radius 1 is 1.42 bits per heavy atom. The molecule has 0 aromatic heterocycles. The van der Waals surface area contributed by atoms with Gasteiger partial charge in [0.05, 0.1) is 11.4 Å². The van der Waals surface area contributed by atoms with E-state index in [2.05, 4.69) is 0 Å². The van der Waals surface area contributed by atoms with E-state index >= 15 is 0 Å². The Bertz CT molecular complexity index is 250. The van der Waals surface area contributed by atoms with Gasteiger partial charge in [0.15, 0.2) is 0 Å². The summed E-state index contributed by atoms with van der Waals surface area (Å²) in [7, 11) is -4.53. The molecule has 12 heavy (non-hydrogen) atoms. The summed E-state index contributed by atoms with van der Waals surface area (Å²) < 4.78 is 44.1. The Morgan fingerprint density at radius 2 is 2.00 bits per heavy atom. The van der Waals surface area contributed by atoms with E-state index in [1.807, 2.05) is 0 Å². The van der Waals surface area contributed by atoms with Crippen molar-refractivity contribution in [3.05, 3.63) is 0 Å². The first kappa shape index (κ1) is 9.88. The van der Waals surface area contributed by atoms with E-state index in [9.17, 15) is 17.4 Å². The van der Waals surface area contributed by atoms with E-state index in [1.54, 1.807) is 0 Å². The first-order chi connectivity index (χ1) is 5.41. The molecule has 1 rings (SSSR count). The van der Waals surface area contributed by atoms with Crippen molar-refractivity contribution in [1.82, 2.24) is 0 Å². The number of hydrogen-bond donors (Lipinski definition) is 1. The largest absolute Gasteiger partial charge is 0.748 e. The van der Waals surface area contributed by atoms with Gasteiger partial charge in [0.2, 0.25) is 0 Å². The van der Waals surface area contributed by atoms with E-state index in [0.29, 0.717) is 0 Å². The van der Waals surface area contributed by atoms with Crippen LogP contribution in [0.5, 0.6) is 0 Å². The molecule has 1 fully saturated rings. The van der Waals surface area contributed by atoms with E-state index in [4.69, 9.17) is 5.11 Å². The van der Waals surface area contributed by atoms with Gasteiger partial charge in [-0.15, -0.1) is 0 Å². The third kappa shape index (κ3) is 2.15. The van der Waals surface area contributed by atoms with Crippen LogP contribution >= 0.6 is 0 Å². The van der Waals surface area contributed by atoms with Gasteiger partial charge in [0.25, 0.3) is 0 Å². The van der Waals surface area contributed by atoms with Crippen molar-refractivity contribution in [3.63, 3.8) is 0 Å². The van der Waals surface area contributed by atoms with Crippen molar-refractivity contribution in [2.24, 2.45) is 0 Å². The van der Waals surface area contributed by atoms with Gasteiger partial charge in [-0.05, 0) is 12.8 Å². The lowest BCUT2D eigenvalue weighted by Gasteiger charge is -2.30. The van der Waals surface area contributed by atoms with Crippen molar-refractivity contribution in [2.45, 2.75) is 36.8 Å². The van der Waals surface area contributed by atoms with Crippen LogP contribution in [0.25, 0.3) is 0 Å². The molecule has 0 saturated heterocycles. The summed E-state index contributed by atoms with van der Waals surface area (Å²) in [6.45, 7) is 0. The highest BCUT2D eigenvalue weighted by atomic mass is 32.2. The predicted octanol–water partition coefficient (Wildman–Crippen LogP) is -0.217. The predicted molar refractivity (Wildman–Crippen MR) is 38.2 cm³/mol. The lowest BCUT2D eigenvalue weighted by molar-refractivity contribution is 0.0841. The molecular weight excluding hydrogens is 187 g/mol. The van der Waals surface area contributed by atoms with Crippen LogP contribution in [-0.2, 0) is 10.1 Å². The number of hydrogen-bond acceptors (Lipinski definition) is 4. The third-order valence-corrected chi connectivity index (χ3v) is 3.33. The average Bonchev–Trinajstić information content (AvgIpc) is 1.83. The van der Waals surface area contributed by atoms with Crippen LogP contribution in [-0.4, -0.2) is 35.6 Å². The first-order valence-corrected chi connectivity index (χ1v) is 5.15. The lowest BCUT2D eigenvalue weighted by atomic mass is 9.96. The van der Waals surface area contributed by atoms with Crippen LogP contribution in [0.1, 0.15) is 19.3 Å². The lowest BCUT2D eigenvalue weighted by Crippen LogP contribution is -2.38. The number of aliphatic hydroxyl groups excluding tert-OH is 1. The second-order valence-corrected chi connectivity index (χ2v) is 4.61. The zero-order chi connectivity index (χ0) is 9.35. The van der Waals surface area contributed by atoms with E-state index in [-0.39, 0.29) is 19.3 Å². The quantitative estimate of drug-likeness (QED) is 0.590. The maximum atomic E-state index is 12.9. The fourth-order valence-electron chi connectivity index (χ4n) is 1.39. The monoisotopic (exact) mass is 197 g/mol. The molecule has 1 N–H and O–H groups in total. The van der Waals surface area contributed by atoms with Gasteiger partial charge < -0.3 is 9.66 Å². The molecule has 0 spiro atoms. The molecule has 3 atom stereocenters. The molecule has 3 unspecified atom stereocenters. The fourth-order valence-corrected chi connectivity index (χ4v) is 2.29. The van der Waals surface area contributed by atoms with Crippen molar-refractivity contribution in [3.8, 4) is 0 Å². The number of halogens is 1. The number of rotatable bonds is 1. The molecule has 0 aromatic rings. The Hall–Kier alpha value is -0.200. The molecule has 6 heteroatoms. The van der Waals surface area contributed by atoms with Crippen LogP contribution in [0.3, 0.4) is 0 Å². The van der Waals surface area contributed by atoms with Gasteiger partial charge in [-0.25, -0.2) is 12.8 Å². The van der Waals surface area contributed by atoms with Crippen LogP contribution in [0.15, 0.2) is 0 Å². The molecule has 1 aliphatic carbocycles.